The van der Waals surface area contributed by atoms with Gasteiger partial charge in [0.25, 0.3) is 11.8 Å². The predicted molar refractivity (Wildman–Crippen MR) is 109 cm³/mol. The topological polar surface area (TPSA) is 62.6 Å². The largest absolute Gasteiger partial charge is 0.457 e. The Kier molecular flexibility index (Phi) is 4.89. The van der Waals surface area contributed by atoms with Gasteiger partial charge in [0.15, 0.2) is 0 Å². The van der Waals surface area contributed by atoms with Crippen LogP contribution in [-0.4, -0.2) is 11.8 Å². The number of hydrogen-bond acceptors (Lipinski definition) is 3. The molecule has 0 radical (unpaired) electrons. The average Bonchev–Trinajstić information content (AvgIpc) is 3.24. The summed E-state index contributed by atoms with van der Waals surface area (Å²) in [6.45, 7) is 0. The highest BCUT2D eigenvalue weighted by Gasteiger charge is 2.34. The number of furan rings is 1. The molecule has 3 aromatic rings. The molecule has 0 spiro atoms. The monoisotopic (exact) mass is 432 g/mol. The molecular formula is C20H11Cl3N2O3. The van der Waals surface area contributed by atoms with Crippen molar-refractivity contribution in [3.63, 3.8) is 0 Å². The van der Waals surface area contributed by atoms with Crippen LogP contribution in [0.15, 0.2) is 64.6 Å². The first-order valence-electron chi connectivity index (χ1n) is 8.10. The molecule has 1 aliphatic heterocycles. The molecule has 0 atom stereocenters. The van der Waals surface area contributed by atoms with E-state index in [1.54, 1.807) is 54.6 Å². The summed E-state index contributed by atoms with van der Waals surface area (Å²) in [5.74, 6) is -0.146. The van der Waals surface area contributed by atoms with Crippen molar-refractivity contribution in [3.8, 4) is 11.3 Å². The summed E-state index contributed by atoms with van der Waals surface area (Å²) in [6, 6.07) is 15.1. The summed E-state index contributed by atoms with van der Waals surface area (Å²) in [5.41, 5.74) is 3.65. The molecule has 1 saturated heterocycles. The van der Waals surface area contributed by atoms with Gasteiger partial charge in [0, 0.05) is 10.6 Å². The minimum atomic E-state index is -0.530. The van der Waals surface area contributed by atoms with E-state index < -0.39 is 11.8 Å². The number of hydrogen-bond donors (Lipinski definition) is 1. The second-order valence-corrected chi connectivity index (χ2v) is 7.20. The van der Waals surface area contributed by atoms with E-state index in [1.165, 1.54) is 6.08 Å². The number of hydrazine groups is 1. The maximum atomic E-state index is 12.6. The molecular weight excluding hydrogens is 423 g/mol. The van der Waals surface area contributed by atoms with E-state index in [-0.39, 0.29) is 5.57 Å². The molecule has 0 saturated carbocycles. The summed E-state index contributed by atoms with van der Waals surface area (Å²) < 4.78 is 5.73. The molecule has 1 aromatic heterocycles. The molecule has 0 unspecified atom stereocenters. The highest BCUT2D eigenvalue weighted by molar-refractivity contribution is 6.42. The van der Waals surface area contributed by atoms with Crippen LogP contribution in [-0.2, 0) is 9.59 Å². The molecule has 140 valence electrons. The molecule has 2 amide bonds. The third kappa shape index (κ3) is 3.52. The van der Waals surface area contributed by atoms with Gasteiger partial charge in [-0.25, -0.2) is 5.01 Å². The number of rotatable bonds is 3. The van der Waals surface area contributed by atoms with Crippen LogP contribution in [0.1, 0.15) is 5.76 Å². The number of carbonyl (C=O) groups is 2. The standard InChI is InChI=1S/C20H11Cl3N2O3/c21-12-2-1-3-13(9-12)25-20(27)15(19(26)24-25)10-14-5-7-18(28-14)11-4-6-16(22)17(23)8-11/h1-10H,(H,24,26)/b15-10-. The van der Waals surface area contributed by atoms with Gasteiger partial charge in [-0.05, 0) is 54.6 Å². The molecule has 0 bridgehead atoms. The fourth-order valence-corrected chi connectivity index (χ4v) is 3.21. The van der Waals surface area contributed by atoms with Gasteiger partial charge in [-0.2, -0.15) is 0 Å². The molecule has 1 fully saturated rings. The van der Waals surface area contributed by atoms with Gasteiger partial charge >= 0.3 is 0 Å². The number of benzene rings is 2. The molecule has 28 heavy (non-hydrogen) atoms. The number of carbonyl (C=O) groups excluding carboxylic acids is 2. The van der Waals surface area contributed by atoms with Crippen molar-refractivity contribution in [3.05, 3.63) is 81.0 Å². The lowest BCUT2D eigenvalue weighted by Crippen LogP contribution is -2.35. The summed E-state index contributed by atoms with van der Waals surface area (Å²) >= 11 is 17.9. The van der Waals surface area contributed by atoms with E-state index in [2.05, 4.69) is 5.43 Å². The minimum absolute atomic E-state index is 0.0463. The fourth-order valence-electron chi connectivity index (χ4n) is 2.73. The smallest absolute Gasteiger partial charge is 0.282 e. The van der Waals surface area contributed by atoms with Gasteiger partial charge in [-0.3, -0.25) is 15.0 Å². The van der Waals surface area contributed by atoms with Crippen LogP contribution < -0.4 is 10.4 Å². The Morgan fingerprint density at radius 2 is 1.75 bits per heavy atom. The quantitative estimate of drug-likeness (QED) is 0.446. The molecule has 2 aromatic carbocycles. The summed E-state index contributed by atoms with van der Waals surface area (Å²) in [4.78, 5) is 24.9. The van der Waals surface area contributed by atoms with E-state index in [1.807, 2.05) is 0 Å². The van der Waals surface area contributed by atoms with Crippen LogP contribution in [0.4, 0.5) is 5.69 Å². The van der Waals surface area contributed by atoms with Gasteiger partial charge in [0.2, 0.25) is 0 Å². The van der Waals surface area contributed by atoms with Crippen LogP contribution in [0.2, 0.25) is 15.1 Å². The zero-order valence-corrected chi connectivity index (χ0v) is 16.3. The second kappa shape index (κ2) is 7.36. The summed E-state index contributed by atoms with van der Waals surface area (Å²) in [6.07, 6.45) is 1.39. The SMILES string of the molecule is O=C1NN(c2cccc(Cl)c2)C(=O)/C1=C\c1ccc(-c2ccc(Cl)c(Cl)c2)o1. The molecule has 5 nitrogen and oxygen atoms in total. The predicted octanol–water partition coefficient (Wildman–Crippen LogP) is 5.37. The van der Waals surface area contributed by atoms with Crippen molar-refractivity contribution < 1.29 is 14.0 Å². The van der Waals surface area contributed by atoms with Crippen molar-refractivity contribution in [2.24, 2.45) is 0 Å². The molecule has 0 aliphatic carbocycles. The van der Waals surface area contributed by atoms with Crippen LogP contribution >= 0.6 is 34.8 Å². The van der Waals surface area contributed by atoms with Crippen LogP contribution in [0, 0.1) is 0 Å². The maximum Gasteiger partial charge on any atom is 0.282 e. The second-order valence-electron chi connectivity index (χ2n) is 5.95. The van der Waals surface area contributed by atoms with Crippen LogP contribution in [0.3, 0.4) is 0 Å². The van der Waals surface area contributed by atoms with Gasteiger partial charge < -0.3 is 4.42 Å². The summed E-state index contributed by atoms with van der Waals surface area (Å²) in [5, 5.41) is 2.43. The van der Waals surface area contributed by atoms with E-state index in [0.717, 1.165) is 10.6 Å². The van der Waals surface area contributed by atoms with E-state index in [4.69, 9.17) is 39.2 Å². The van der Waals surface area contributed by atoms with Crippen molar-refractivity contribution in [2.45, 2.75) is 0 Å². The van der Waals surface area contributed by atoms with Gasteiger partial charge in [-0.1, -0.05) is 40.9 Å². The zero-order valence-electron chi connectivity index (χ0n) is 14.1. The third-order valence-corrected chi connectivity index (χ3v) is 5.05. The van der Waals surface area contributed by atoms with E-state index >= 15 is 0 Å². The van der Waals surface area contributed by atoms with E-state index in [0.29, 0.717) is 32.3 Å². The normalized spacial score (nSPS) is 15.4. The van der Waals surface area contributed by atoms with Gasteiger partial charge in [-0.15, -0.1) is 0 Å². The maximum absolute atomic E-state index is 12.6. The number of amides is 2. The fraction of sp³-hybridized carbons (Fsp3) is 0. The zero-order chi connectivity index (χ0) is 19.8. The van der Waals surface area contributed by atoms with Crippen molar-refractivity contribution in [2.75, 3.05) is 5.01 Å². The summed E-state index contributed by atoms with van der Waals surface area (Å²) in [7, 11) is 0. The Balaban J connectivity index is 1.62. The molecule has 4 rings (SSSR count). The van der Waals surface area contributed by atoms with Crippen molar-refractivity contribution in [1.82, 2.24) is 5.43 Å². The highest BCUT2D eigenvalue weighted by Crippen LogP contribution is 2.30. The Morgan fingerprint density at radius 1 is 0.929 bits per heavy atom. The lowest BCUT2D eigenvalue weighted by atomic mass is 10.2. The highest BCUT2D eigenvalue weighted by atomic mass is 35.5. The Morgan fingerprint density at radius 3 is 2.50 bits per heavy atom. The Hall–Kier alpha value is -2.73. The van der Waals surface area contributed by atoms with Crippen LogP contribution in [0.25, 0.3) is 17.4 Å². The Bertz CT molecular complexity index is 1140. The molecule has 2 heterocycles. The van der Waals surface area contributed by atoms with Crippen LogP contribution in [0.5, 0.6) is 0 Å². The first-order chi connectivity index (χ1) is 13.4. The Labute approximate surface area is 175 Å². The lowest BCUT2D eigenvalue weighted by Gasteiger charge is -2.14. The molecule has 8 heteroatoms. The first-order valence-corrected chi connectivity index (χ1v) is 9.24. The van der Waals surface area contributed by atoms with Crippen molar-refractivity contribution in [1.29, 1.82) is 0 Å². The molecule has 1 aliphatic rings. The van der Waals surface area contributed by atoms with Gasteiger partial charge in [0.1, 0.15) is 17.1 Å². The average molecular weight is 434 g/mol. The third-order valence-electron chi connectivity index (χ3n) is 4.08. The first kappa shape index (κ1) is 18.6. The lowest BCUT2D eigenvalue weighted by molar-refractivity contribution is -0.117. The van der Waals surface area contributed by atoms with E-state index in [9.17, 15) is 9.59 Å². The van der Waals surface area contributed by atoms with Gasteiger partial charge in [0.05, 0.1) is 15.7 Å². The number of anilines is 1. The molecule has 1 N–H and O–H groups in total. The number of nitrogens with one attached hydrogen (secondary N) is 1. The number of halogens is 3. The minimum Gasteiger partial charge on any atom is -0.457 e. The number of nitrogens with zero attached hydrogens (tertiary/aromatic N) is 1. The van der Waals surface area contributed by atoms with Crippen molar-refractivity contribution >= 4 is 58.4 Å².